The monoisotopic (exact) mass is 354 g/mol. The molecule has 0 heterocycles. The van der Waals surface area contributed by atoms with Gasteiger partial charge in [0.2, 0.25) is 0 Å². The van der Waals surface area contributed by atoms with Crippen LogP contribution in [0, 0.1) is 16.7 Å². The summed E-state index contributed by atoms with van der Waals surface area (Å²) in [7, 11) is -4.08. The van der Waals surface area contributed by atoms with Crippen LogP contribution in [0.25, 0.3) is 0 Å². The molecule has 3 rings (SSSR count). The Morgan fingerprint density at radius 2 is 1.83 bits per heavy atom. The van der Waals surface area contributed by atoms with Gasteiger partial charge in [0.1, 0.15) is 5.78 Å². The molecule has 2 atom stereocenters. The number of benzene rings is 1. The zero-order valence-electron chi connectivity index (χ0n) is 13.7. The van der Waals surface area contributed by atoms with Crippen molar-refractivity contribution in [2.24, 2.45) is 16.7 Å². The van der Waals surface area contributed by atoms with Gasteiger partial charge in [-0.2, -0.15) is 8.42 Å². The van der Waals surface area contributed by atoms with E-state index in [1.807, 2.05) is 13.8 Å². The molecule has 0 radical (unpaired) electrons. The van der Waals surface area contributed by atoms with Gasteiger partial charge in [0, 0.05) is 6.42 Å². The van der Waals surface area contributed by atoms with Gasteiger partial charge in [-0.25, -0.2) is 4.79 Å². The molecule has 24 heavy (non-hydrogen) atoms. The van der Waals surface area contributed by atoms with E-state index in [0.29, 0.717) is 18.4 Å². The van der Waals surface area contributed by atoms with Crippen molar-refractivity contribution < 1.29 is 27.7 Å². The Morgan fingerprint density at radius 1 is 1.25 bits per heavy atom. The molecular formula is C17H22O6S. The fraction of sp³-hybridized carbons (Fsp3) is 0.529. The van der Waals surface area contributed by atoms with Crippen molar-refractivity contribution >= 4 is 21.9 Å². The summed E-state index contributed by atoms with van der Waals surface area (Å²) in [5.41, 5.74) is -0.789. The number of carbonyl (C=O) groups excluding carboxylic acids is 1. The highest BCUT2D eigenvalue weighted by atomic mass is 32.2. The summed E-state index contributed by atoms with van der Waals surface area (Å²) in [6.45, 7) is 3.89. The van der Waals surface area contributed by atoms with Gasteiger partial charge in [-0.3, -0.25) is 9.35 Å². The number of fused-ring (bicyclic) bond motifs is 2. The van der Waals surface area contributed by atoms with Gasteiger partial charge < -0.3 is 5.11 Å². The highest BCUT2D eigenvalue weighted by Gasteiger charge is 2.65. The number of hydrogen-bond acceptors (Lipinski definition) is 4. The molecular weight excluding hydrogens is 332 g/mol. The van der Waals surface area contributed by atoms with E-state index in [0.717, 1.165) is 6.42 Å². The lowest BCUT2D eigenvalue weighted by Gasteiger charge is -2.35. The SMILES string of the molecule is CC1(C)C2CCC1(CS(=O)(=O)O)C(=O)C2.O=C(O)c1ccccc1. The fourth-order valence-electron chi connectivity index (χ4n) is 4.00. The Balaban J connectivity index is 0.000000198. The second kappa shape index (κ2) is 6.29. The maximum atomic E-state index is 11.9. The number of hydrogen-bond donors (Lipinski definition) is 2. The van der Waals surface area contributed by atoms with Crippen LogP contribution < -0.4 is 0 Å². The molecule has 0 aromatic heterocycles. The third-order valence-electron chi connectivity index (χ3n) is 5.59. The summed E-state index contributed by atoms with van der Waals surface area (Å²) in [6, 6.07) is 8.30. The van der Waals surface area contributed by atoms with Crippen LogP contribution in [0.5, 0.6) is 0 Å². The van der Waals surface area contributed by atoms with Crippen LogP contribution in [0.4, 0.5) is 0 Å². The quantitative estimate of drug-likeness (QED) is 0.808. The van der Waals surface area contributed by atoms with Crippen molar-refractivity contribution in [2.45, 2.75) is 33.1 Å². The van der Waals surface area contributed by atoms with E-state index in [4.69, 9.17) is 9.66 Å². The lowest BCUT2D eigenvalue weighted by atomic mass is 9.70. The second-order valence-electron chi connectivity index (χ2n) is 7.06. The van der Waals surface area contributed by atoms with Gasteiger partial charge in [-0.15, -0.1) is 0 Å². The van der Waals surface area contributed by atoms with E-state index in [9.17, 15) is 18.0 Å². The number of carboxylic acids is 1. The van der Waals surface area contributed by atoms with Gasteiger partial charge in [0.15, 0.2) is 0 Å². The minimum Gasteiger partial charge on any atom is -0.478 e. The number of aromatic carboxylic acids is 1. The molecule has 132 valence electrons. The average molecular weight is 354 g/mol. The average Bonchev–Trinajstić information content (AvgIpc) is 2.81. The van der Waals surface area contributed by atoms with Crippen molar-refractivity contribution in [3.05, 3.63) is 35.9 Å². The normalized spacial score (nSPS) is 27.5. The third-order valence-corrected chi connectivity index (χ3v) is 6.45. The number of Topliss-reactive ketones (excluding diaryl/α,β-unsaturated/α-hetero) is 1. The molecule has 2 N–H and O–H groups in total. The van der Waals surface area contributed by atoms with Crippen LogP contribution in [-0.4, -0.2) is 35.6 Å². The smallest absolute Gasteiger partial charge is 0.335 e. The zero-order valence-corrected chi connectivity index (χ0v) is 14.5. The molecule has 0 aliphatic heterocycles. The summed E-state index contributed by atoms with van der Waals surface area (Å²) in [6.07, 6.45) is 1.97. The lowest BCUT2D eigenvalue weighted by Crippen LogP contribution is -2.42. The zero-order chi connectivity index (χ0) is 18.2. The Morgan fingerprint density at radius 3 is 2.17 bits per heavy atom. The van der Waals surface area contributed by atoms with Crippen LogP contribution in [0.2, 0.25) is 0 Å². The summed E-state index contributed by atoms with van der Waals surface area (Å²) in [5, 5.41) is 8.38. The Labute approximate surface area is 141 Å². The van der Waals surface area contributed by atoms with Crippen molar-refractivity contribution in [2.75, 3.05) is 5.75 Å². The second-order valence-corrected chi connectivity index (χ2v) is 8.52. The van der Waals surface area contributed by atoms with E-state index < -0.39 is 27.3 Å². The minimum absolute atomic E-state index is 0.0152. The molecule has 2 saturated carbocycles. The van der Waals surface area contributed by atoms with Crippen LogP contribution in [-0.2, 0) is 14.9 Å². The van der Waals surface area contributed by atoms with Gasteiger partial charge in [-0.05, 0) is 36.3 Å². The predicted molar refractivity (Wildman–Crippen MR) is 88.4 cm³/mol. The first kappa shape index (κ1) is 18.6. The summed E-state index contributed by atoms with van der Waals surface area (Å²) in [5.74, 6) is -0.980. The maximum Gasteiger partial charge on any atom is 0.335 e. The van der Waals surface area contributed by atoms with Gasteiger partial charge in [0.25, 0.3) is 10.1 Å². The van der Waals surface area contributed by atoms with E-state index in [1.54, 1.807) is 30.3 Å². The van der Waals surface area contributed by atoms with Crippen LogP contribution in [0.15, 0.2) is 30.3 Å². The van der Waals surface area contributed by atoms with E-state index in [2.05, 4.69) is 0 Å². The Kier molecular flexibility index (Phi) is 4.88. The number of ketones is 1. The van der Waals surface area contributed by atoms with Gasteiger partial charge in [0.05, 0.1) is 16.7 Å². The molecule has 2 aliphatic carbocycles. The van der Waals surface area contributed by atoms with Crippen LogP contribution in [0.1, 0.15) is 43.5 Å². The number of rotatable bonds is 3. The Hall–Kier alpha value is -1.73. The molecule has 6 nitrogen and oxygen atoms in total. The molecule has 0 saturated heterocycles. The van der Waals surface area contributed by atoms with E-state index in [1.165, 1.54) is 0 Å². The fourth-order valence-corrected chi connectivity index (χ4v) is 5.30. The van der Waals surface area contributed by atoms with E-state index >= 15 is 0 Å². The first-order valence-electron chi connectivity index (χ1n) is 7.76. The number of carbonyl (C=O) groups is 2. The lowest BCUT2D eigenvalue weighted by molar-refractivity contribution is -0.128. The highest BCUT2D eigenvalue weighted by Crippen LogP contribution is 2.64. The predicted octanol–water partition coefficient (Wildman–Crippen LogP) is 2.65. The van der Waals surface area contributed by atoms with Gasteiger partial charge >= 0.3 is 5.97 Å². The van der Waals surface area contributed by atoms with Crippen molar-refractivity contribution in [3.63, 3.8) is 0 Å². The van der Waals surface area contributed by atoms with Crippen molar-refractivity contribution in [1.29, 1.82) is 0 Å². The van der Waals surface area contributed by atoms with Gasteiger partial charge in [-0.1, -0.05) is 32.0 Å². The summed E-state index contributed by atoms with van der Waals surface area (Å²) >= 11 is 0. The standard InChI is InChI=1S/C10H16O4S.C7H6O2/c1-9(2)7-3-4-10(9,8(11)5-7)6-15(12,13)14;8-7(9)6-4-2-1-3-5-6/h7H,3-6H2,1-2H3,(H,12,13,14);1-5H,(H,8,9). The molecule has 2 fully saturated rings. The highest BCUT2D eigenvalue weighted by molar-refractivity contribution is 7.85. The van der Waals surface area contributed by atoms with E-state index in [-0.39, 0.29) is 17.1 Å². The van der Waals surface area contributed by atoms with Crippen molar-refractivity contribution in [1.82, 2.24) is 0 Å². The maximum absolute atomic E-state index is 11.9. The molecule has 2 unspecified atom stereocenters. The first-order chi connectivity index (χ1) is 11.0. The molecule has 2 aliphatic rings. The topological polar surface area (TPSA) is 109 Å². The summed E-state index contributed by atoms with van der Waals surface area (Å²) in [4.78, 5) is 22.1. The first-order valence-corrected chi connectivity index (χ1v) is 9.37. The summed E-state index contributed by atoms with van der Waals surface area (Å²) < 4.78 is 31.0. The minimum atomic E-state index is -4.08. The molecule has 2 bridgehead atoms. The molecule has 0 amide bonds. The molecule has 7 heteroatoms. The molecule has 0 spiro atoms. The number of carboxylic acid groups (broad SMARTS) is 1. The molecule has 1 aromatic carbocycles. The van der Waals surface area contributed by atoms with Crippen LogP contribution in [0.3, 0.4) is 0 Å². The molecule has 1 aromatic rings. The third kappa shape index (κ3) is 3.37. The van der Waals surface area contributed by atoms with Crippen molar-refractivity contribution in [3.8, 4) is 0 Å². The van der Waals surface area contributed by atoms with Crippen LogP contribution >= 0.6 is 0 Å². The largest absolute Gasteiger partial charge is 0.478 e. The Bertz CT molecular complexity index is 738.